The lowest BCUT2D eigenvalue weighted by molar-refractivity contribution is 0.0930. The van der Waals surface area contributed by atoms with Crippen LogP contribution in [0.2, 0.25) is 0 Å². The molecule has 1 heterocycles. The van der Waals surface area contributed by atoms with Crippen molar-refractivity contribution >= 4 is 16.8 Å². The molecule has 1 aromatic heterocycles. The highest BCUT2D eigenvalue weighted by Crippen LogP contribution is 2.21. The van der Waals surface area contributed by atoms with Gasteiger partial charge in [-0.2, -0.15) is 0 Å². The molecule has 1 amide bonds. The number of benzene rings is 3. The van der Waals surface area contributed by atoms with Gasteiger partial charge in [0.1, 0.15) is 5.69 Å². The Morgan fingerprint density at radius 3 is 2.21 bits per heavy atom. The highest BCUT2D eigenvalue weighted by molar-refractivity contribution is 5.99. The summed E-state index contributed by atoms with van der Waals surface area (Å²) in [5.74, 6) is -0.0160. The number of hydrogen-bond acceptors (Lipinski definition) is 1. The maximum Gasteiger partial charge on any atom is 0.268 e. The molecule has 1 unspecified atom stereocenters. The fraction of sp³-hybridized carbons (Fsp3) is 0.192. The lowest BCUT2D eigenvalue weighted by Crippen LogP contribution is -2.34. The minimum Gasteiger partial charge on any atom is -0.348 e. The molecule has 146 valence electrons. The topological polar surface area (TPSA) is 34.0 Å². The van der Waals surface area contributed by atoms with E-state index in [-0.39, 0.29) is 11.9 Å². The molecule has 0 bridgehead atoms. The van der Waals surface area contributed by atoms with E-state index in [1.54, 1.807) is 0 Å². The van der Waals surface area contributed by atoms with Crippen LogP contribution in [0.1, 0.15) is 35.0 Å². The van der Waals surface area contributed by atoms with E-state index in [2.05, 4.69) is 65.3 Å². The van der Waals surface area contributed by atoms with E-state index in [1.165, 1.54) is 11.1 Å². The first-order chi connectivity index (χ1) is 14.2. The van der Waals surface area contributed by atoms with Crippen LogP contribution in [0.25, 0.3) is 10.9 Å². The Bertz CT molecular complexity index is 1080. The third-order valence-corrected chi connectivity index (χ3v) is 5.31. The molecule has 0 aliphatic rings. The Balaban J connectivity index is 1.53. The minimum atomic E-state index is -0.0160. The Morgan fingerprint density at radius 2 is 1.48 bits per heavy atom. The van der Waals surface area contributed by atoms with Crippen LogP contribution < -0.4 is 5.32 Å². The van der Waals surface area contributed by atoms with Crippen LogP contribution >= 0.6 is 0 Å². The van der Waals surface area contributed by atoms with Gasteiger partial charge in [0.25, 0.3) is 5.91 Å². The molecule has 3 heteroatoms. The molecule has 0 radical (unpaired) electrons. The lowest BCUT2D eigenvalue weighted by atomic mass is 10.1. The summed E-state index contributed by atoms with van der Waals surface area (Å²) in [5, 5.41) is 4.28. The molecule has 0 saturated heterocycles. The zero-order valence-corrected chi connectivity index (χ0v) is 16.7. The standard InChI is InChI=1S/C26H26N2O/c1-20(16-17-21-10-4-2-5-11-21)27-26(29)25-18-23-14-8-9-15-24(23)28(25)19-22-12-6-3-7-13-22/h2-15,18,20H,16-17,19H2,1H3,(H,27,29). The second-order valence-corrected chi connectivity index (χ2v) is 7.56. The molecule has 3 aromatic carbocycles. The van der Waals surface area contributed by atoms with Gasteiger partial charge in [0, 0.05) is 23.5 Å². The van der Waals surface area contributed by atoms with Gasteiger partial charge in [0.15, 0.2) is 0 Å². The van der Waals surface area contributed by atoms with Crippen molar-refractivity contribution < 1.29 is 4.79 Å². The van der Waals surface area contributed by atoms with Crippen LogP contribution in [0, 0.1) is 0 Å². The summed E-state index contributed by atoms with van der Waals surface area (Å²) in [7, 11) is 0. The summed E-state index contributed by atoms with van der Waals surface area (Å²) in [5.41, 5.74) is 4.27. The van der Waals surface area contributed by atoms with Crippen LogP contribution in [0.5, 0.6) is 0 Å². The third kappa shape index (κ3) is 4.57. The number of para-hydroxylation sites is 1. The molecule has 0 spiro atoms. The monoisotopic (exact) mass is 382 g/mol. The van der Waals surface area contributed by atoms with Crippen LogP contribution in [0.15, 0.2) is 91.0 Å². The van der Waals surface area contributed by atoms with Crippen LogP contribution in [-0.2, 0) is 13.0 Å². The van der Waals surface area contributed by atoms with Gasteiger partial charge in [-0.1, -0.05) is 78.9 Å². The first-order valence-corrected chi connectivity index (χ1v) is 10.2. The van der Waals surface area contributed by atoms with E-state index in [9.17, 15) is 4.79 Å². The molecule has 1 N–H and O–H groups in total. The summed E-state index contributed by atoms with van der Waals surface area (Å²) in [6.45, 7) is 2.75. The van der Waals surface area contributed by atoms with Crippen molar-refractivity contribution in [3.05, 3.63) is 108 Å². The van der Waals surface area contributed by atoms with Gasteiger partial charge in [-0.3, -0.25) is 4.79 Å². The summed E-state index contributed by atoms with van der Waals surface area (Å²) >= 11 is 0. The maximum atomic E-state index is 13.1. The Hall–Kier alpha value is -3.33. The zero-order chi connectivity index (χ0) is 20.1. The predicted molar refractivity (Wildman–Crippen MR) is 119 cm³/mol. The number of rotatable bonds is 7. The molecule has 0 fully saturated rings. The van der Waals surface area contributed by atoms with Crippen molar-refractivity contribution in [2.45, 2.75) is 32.4 Å². The molecule has 29 heavy (non-hydrogen) atoms. The number of carbonyl (C=O) groups is 1. The summed E-state index contributed by atoms with van der Waals surface area (Å²) in [6, 6.07) is 31.0. The normalized spacial score (nSPS) is 12.0. The highest BCUT2D eigenvalue weighted by atomic mass is 16.2. The average Bonchev–Trinajstić information content (AvgIpc) is 3.12. The molecule has 4 aromatic rings. The number of fused-ring (bicyclic) bond motifs is 1. The van der Waals surface area contributed by atoms with E-state index in [1.807, 2.05) is 42.5 Å². The van der Waals surface area contributed by atoms with Crippen LogP contribution in [0.4, 0.5) is 0 Å². The van der Waals surface area contributed by atoms with Gasteiger partial charge in [0.05, 0.1) is 0 Å². The molecule has 1 atom stereocenters. The largest absolute Gasteiger partial charge is 0.348 e. The molecular formula is C26H26N2O. The van der Waals surface area contributed by atoms with E-state index in [0.717, 1.165) is 23.7 Å². The summed E-state index contributed by atoms with van der Waals surface area (Å²) in [4.78, 5) is 13.1. The Labute approximate surface area is 172 Å². The number of amides is 1. The van der Waals surface area contributed by atoms with Crippen LogP contribution in [-0.4, -0.2) is 16.5 Å². The van der Waals surface area contributed by atoms with Gasteiger partial charge in [-0.15, -0.1) is 0 Å². The highest BCUT2D eigenvalue weighted by Gasteiger charge is 2.17. The maximum absolute atomic E-state index is 13.1. The molecule has 4 rings (SSSR count). The second-order valence-electron chi connectivity index (χ2n) is 7.56. The van der Waals surface area contributed by atoms with E-state index < -0.39 is 0 Å². The Morgan fingerprint density at radius 1 is 0.862 bits per heavy atom. The van der Waals surface area contributed by atoms with Gasteiger partial charge in [-0.05, 0) is 43.0 Å². The fourth-order valence-electron chi connectivity index (χ4n) is 3.73. The van der Waals surface area contributed by atoms with Crippen molar-refractivity contribution in [2.24, 2.45) is 0 Å². The third-order valence-electron chi connectivity index (χ3n) is 5.31. The quantitative estimate of drug-likeness (QED) is 0.454. The number of nitrogens with zero attached hydrogens (tertiary/aromatic N) is 1. The van der Waals surface area contributed by atoms with Crippen LogP contribution in [0.3, 0.4) is 0 Å². The number of hydrogen-bond donors (Lipinski definition) is 1. The number of aryl methyl sites for hydroxylation is 1. The SMILES string of the molecule is CC(CCc1ccccc1)NC(=O)c1cc2ccccc2n1Cc1ccccc1. The zero-order valence-electron chi connectivity index (χ0n) is 16.7. The van der Waals surface area contributed by atoms with Crippen molar-refractivity contribution in [1.29, 1.82) is 0 Å². The second kappa shape index (κ2) is 8.78. The minimum absolute atomic E-state index is 0.0160. The number of aromatic nitrogens is 1. The Kier molecular flexibility index (Phi) is 5.76. The molecule has 0 aliphatic heterocycles. The molecular weight excluding hydrogens is 356 g/mol. The van der Waals surface area contributed by atoms with Gasteiger partial charge in [-0.25, -0.2) is 0 Å². The number of nitrogens with one attached hydrogen (secondary N) is 1. The lowest BCUT2D eigenvalue weighted by Gasteiger charge is -2.16. The predicted octanol–water partition coefficient (Wildman–Crippen LogP) is 5.44. The summed E-state index contributed by atoms with van der Waals surface area (Å²) in [6.07, 6.45) is 1.87. The smallest absolute Gasteiger partial charge is 0.268 e. The first kappa shape index (κ1) is 19.0. The van der Waals surface area contributed by atoms with Crippen molar-refractivity contribution in [1.82, 2.24) is 9.88 Å². The first-order valence-electron chi connectivity index (χ1n) is 10.2. The molecule has 3 nitrogen and oxygen atoms in total. The van der Waals surface area contributed by atoms with Crippen molar-refractivity contribution in [2.75, 3.05) is 0 Å². The van der Waals surface area contributed by atoms with Gasteiger partial charge in [0.2, 0.25) is 0 Å². The van der Waals surface area contributed by atoms with Gasteiger partial charge >= 0.3 is 0 Å². The van der Waals surface area contributed by atoms with E-state index in [0.29, 0.717) is 12.2 Å². The van der Waals surface area contributed by atoms with Gasteiger partial charge < -0.3 is 9.88 Å². The average molecular weight is 383 g/mol. The summed E-state index contributed by atoms with van der Waals surface area (Å²) < 4.78 is 2.11. The van der Waals surface area contributed by atoms with Crippen molar-refractivity contribution in [3.63, 3.8) is 0 Å². The fourth-order valence-corrected chi connectivity index (χ4v) is 3.73. The molecule has 0 aliphatic carbocycles. The van der Waals surface area contributed by atoms with E-state index in [4.69, 9.17) is 0 Å². The number of carbonyl (C=O) groups excluding carboxylic acids is 1. The molecule has 0 saturated carbocycles. The van der Waals surface area contributed by atoms with Crippen molar-refractivity contribution in [3.8, 4) is 0 Å². The van der Waals surface area contributed by atoms with E-state index >= 15 is 0 Å².